The van der Waals surface area contributed by atoms with Gasteiger partial charge in [0.1, 0.15) is 11.2 Å². The van der Waals surface area contributed by atoms with Crippen LogP contribution in [-0.4, -0.2) is 9.97 Å². The highest BCUT2D eigenvalue weighted by Gasteiger charge is 2.46. The Morgan fingerprint density at radius 1 is 0.318 bits per heavy atom. The maximum atomic E-state index is 6.28. The number of hydrogen-bond donors (Lipinski definition) is 0. The molecule has 0 radical (unpaired) electrons. The van der Waals surface area contributed by atoms with Crippen LogP contribution in [0, 0.1) is 0 Å². The minimum absolute atomic E-state index is 0.535. The van der Waals surface area contributed by atoms with E-state index in [-0.39, 0.29) is 0 Å². The summed E-state index contributed by atoms with van der Waals surface area (Å²) in [6.45, 7) is 0. The fourth-order valence-corrected chi connectivity index (χ4v) is 10.5. The van der Waals surface area contributed by atoms with E-state index in [1.807, 2.05) is 18.2 Å². The number of hydrogen-bond acceptors (Lipinski definition) is 3. The molecule has 0 saturated carbocycles. The van der Waals surface area contributed by atoms with Gasteiger partial charge in [0.2, 0.25) is 0 Å². The van der Waals surface area contributed by atoms with Gasteiger partial charge in [-0.25, -0.2) is 9.97 Å². The van der Waals surface area contributed by atoms with Crippen molar-refractivity contribution in [2.45, 2.75) is 5.41 Å². The minimum Gasteiger partial charge on any atom is -0.456 e. The molecule has 0 bridgehead atoms. The van der Waals surface area contributed by atoms with Gasteiger partial charge in [-0.3, -0.25) is 0 Å². The molecule has 0 N–H and O–H groups in total. The largest absolute Gasteiger partial charge is 0.456 e. The van der Waals surface area contributed by atoms with Gasteiger partial charge in [-0.1, -0.05) is 194 Å². The molecule has 0 amide bonds. The van der Waals surface area contributed by atoms with E-state index in [9.17, 15) is 0 Å². The minimum atomic E-state index is -0.535. The molecule has 13 rings (SSSR count). The van der Waals surface area contributed by atoms with Crippen molar-refractivity contribution in [2.24, 2.45) is 0 Å². The van der Waals surface area contributed by atoms with Crippen molar-refractivity contribution in [1.82, 2.24) is 9.97 Å². The number of furan rings is 1. The molecular weight excluding hydrogens is 801 g/mol. The second-order valence-electron chi connectivity index (χ2n) is 17.3. The summed E-state index contributed by atoms with van der Waals surface area (Å²) in [5.74, 6) is 0.674. The van der Waals surface area contributed by atoms with Crippen molar-refractivity contribution in [3.8, 4) is 67.3 Å². The molecule has 0 atom stereocenters. The molecule has 0 fully saturated rings. The molecule has 1 aliphatic rings. The lowest BCUT2D eigenvalue weighted by atomic mass is 9.67. The molecular formula is C63H40N2O. The molecule has 0 unspecified atom stereocenters. The zero-order valence-corrected chi connectivity index (χ0v) is 35.9. The third-order valence-corrected chi connectivity index (χ3v) is 13.5. The van der Waals surface area contributed by atoms with E-state index in [1.54, 1.807) is 0 Å². The molecule has 308 valence electrons. The maximum Gasteiger partial charge on any atom is 0.160 e. The first-order valence-electron chi connectivity index (χ1n) is 22.5. The molecule has 3 heteroatoms. The number of fused-ring (bicyclic) bond motifs is 7. The third-order valence-electron chi connectivity index (χ3n) is 13.5. The van der Waals surface area contributed by atoms with Gasteiger partial charge in [0.05, 0.1) is 16.8 Å². The SMILES string of the molecule is c1ccc(-c2nc(-c3cc(-c4ccc5ccccc5c4)cc(-c4ccc5oc6ccccc6c5c4)c3)cc(-c3cccc4c3-c3ccccc3C4(c3ccccc3)c3ccccc3)n2)cc1. The van der Waals surface area contributed by atoms with Crippen LogP contribution in [0.5, 0.6) is 0 Å². The molecule has 66 heavy (non-hydrogen) atoms. The van der Waals surface area contributed by atoms with Crippen molar-refractivity contribution >= 4 is 32.7 Å². The van der Waals surface area contributed by atoms with Crippen LogP contribution >= 0.6 is 0 Å². The Morgan fingerprint density at radius 2 is 0.894 bits per heavy atom. The van der Waals surface area contributed by atoms with Crippen LogP contribution in [0.25, 0.3) is 100.0 Å². The van der Waals surface area contributed by atoms with E-state index in [0.29, 0.717) is 5.82 Å². The van der Waals surface area contributed by atoms with E-state index < -0.39 is 5.41 Å². The van der Waals surface area contributed by atoms with E-state index in [2.05, 4.69) is 224 Å². The molecule has 10 aromatic carbocycles. The summed E-state index contributed by atoms with van der Waals surface area (Å²) in [5.41, 5.74) is 17.8. The van der Waals surface area contributed by atoms with Crippen LogP contribution < -0.4 is 0 Å². The average Bonchev–Trinajstić information content (AvgIpc) is 3.93. The van der Waals surface area contributed by atoms with Gasteiger partial charge >= 0.3 is 0 Å². The molecule has 2 aromatic heterocycles. The van der Waals surface area contributed by atoms with Crippen molar-refractivity contribution in [3.05, 3.63) is 265 Å². The van der Waals surface area contributed by atoms with Crippen molar-refractivity contribution in [2.75, 3.05) is 0 Å². The van der Waals surface area contributed by atoms with Crippen LogP contribution in [0.15, 0.2) is 247 Å². The predicted molar refractivity (Wildman–Crippen MR) is 271 cm³/mol. The Labute approximate surface area is 383 Å². The van der Waals surface area contributed by atoms with Crippen molar-refractivity contribution in [1.29, 1.82) is 0 Å². The van der Waals surface area contributed by atoms with E-state index in [0.717, 1.165) is 72.3 Å². The number of aromatic nitrogens is 2. The summed E-state index contributed by atoms with van der Waals surface area (Å²) >= 11 is 0. The molecule has 0 saturated heterocycles. The Kier molecular flexibility index (Phi) is 8.75. The molecule has 12 aromatic rings. The van der Waals surface area contributed by atoms with Crippen LogP contribution in [0.1, 0.15) is 22.3 Å². The smallest absolute Gasteiger partial charge is 0.160 e. The maximum absolute atomic E-state index is 6.28. The fourth-order valence-electron chi connectivity index (χ4n) is 10.5. The Balaban J connectivity index is 1.06. The Bertz CT molecular complexity index is 3780. The van der Waals surface area contributed by atoms with E-state index in [4.69, 9.17) is 14.4 Å². The van der Waals surface area contributed by atoms with Crippen LogP contribution in [-0.2, 0) is 5.41 Å². The van der Waals surface area contributed by atoms with Crippen LogP contribution in [0.2, 0.25) is 0 Å². The lowest BCUT2D eigenvalue weighted by Crippen LogP contribution is -2.28. The highest BCUT2D eigenvalue weighted by molar-refractivity contribution is 6.06. The van der Waals surface area contributed by atoms with E-state index in [1.165, 1.54) is 44.2 Å². The second-order valence-corrected chi connectivity index (χ2v) is 17.3. The zero-order valence-electron chi connectivity index (χ0n) is 35.9. The summed E-state index contributed by atoms with van der Waals surface area (Å²) in [6, 6.07) is 87.2. The second kappa shape index (κ2) is 15.3. The first-order valence-corrected chi connectivity index (χ1v) is 22.5. The number of rotatable bonds is 7. The zero-order chi connectivity index (χ0) is 43.6. The number of nitrogens with zero attached hydrogens (tertiary/aromatic N) is 2. The fraction of sp³-hybridized carbons (Fsp3) is 0.0159. The summed E-state index contributed by atoms with van der Waals surface area (Å²) in [6.07, 6.45) is 0. The van der Waals surface area contributed by atoms with Crippen LogP contribution in [0.4, 0.5) is 0 Å². The lowest BCUT2D eigenvalue weighted by Gasteiger charge is -2.33. The predicted octanol–water partition coefficient (Wildman–Crippen LogP) is 16.2. The normalized spacial score (nSPS) is 12.7. The highest BCUT2D eigenvalue weighted by atomic mass is 16.3. The Morgan fingerprint density at radius 3 is 1.68 bits per heavy atom. The standard InChI is InChI=1S/C63H40N2O/c1-4-18-42(19-5-1)62-64-57(40-58(65-62)53-27-16-29-56-61(53)52-26-12-14-28-55(52)63(56,49-21-6-2-7-22-49)50-23-8-3-9-24-50)48-37-46(44-32-31-41-17-10-11-20-43(41)35-44)36-47(38-48)45-33-34-60-54(39-45)51-25-13-15-30-59(51)66-60/h1-40H. The topological polar surface area (TPSA) is 38.9 Å². The van der Waals surface area contributed by atoms with Gasteiger partial charge in [-0.05, 0) is 115 Å². The molecule has 2 heterocycles. The van der Waals surface area contributed by atoms with Gasteiger partial charge in [-0.2, -0.15) is 0 Å². The lowest BCUT2D eigenvalue weighted by molar-refractivity contribution is 0.669. The molecule has 0 spiro atoms. The summed E-state index contributed by atoms with van der Waals surface area (Å²) < 4.78 is 6.28. The summed E-state index contributed by atoms with van der Waals surface area (Å²) in [7, 11) is 0. The van der Waals surface area contributed by atoms with E-state index >= 15 is 0 Å². The average molecular weight is 841 g/mol. The molecule has 3 nitrogen and oxygen atoms in total. The number of benzene rings is 10. The first-order chi connectivity index (χ1) is 32.7. The van der Waals surface area contributed by atoms with Gasteiger partial charge in [0.15, 0.2) is 5.82 Å². The summed E-state index contributed by atoms with van der Waals surface area (Å²) in [5, 5.41) is 4.61. The third kappa shape index (κ3) is 6.05. The molecule has 1 aliphatic carbocycles. The first kappa shape index (κ1) is 37.9. The number of para-hydroxylation sites is 1. The molecule has 0 aliphatic heterocycles. The van der Waals surface area contributed by atoms with Crippen molar-refractivity contribution in [3.63, 3.8) is 0 Å². The van der Waals surface area contributed by atoms with Gasteiger partial charge in [0, 0.05) is 27.5 Å². The monoisotopic (exact) mass is 840 g/mol. The van der Waals surface area contributed by atoms with Crippen molar-refractivity contribution < 1.29 is 4.42 Å². The quantitative estimate of drug-likeness (QED) is 0.160. The Hall–Kier alpha value is -8.66. The van der Waals surface area contributed by atoms with Gasteiger partial charge in [0.25, 0.3) is 0 Å². The van der Waals surface area contributed by atoms with Crippen LogP contribution in [0.3, 0.4) is 0 Å². The summed E-state index contributed by atoms with van der Waals surface area (Å²) in [4.78, 5) is 10.9. The van der Waals surface area contributed by atoms with Gasteiger partial charge < -0.3 is 4.42 Å². The van der Waals surface area contributed by atoms with Gasteiger partial charge in [-0.15, -0.1) is 0 Å². The highest BCUT2D eigenvalue weighted by Crippen LogP contribution is 2.58.